The Labute approximate surface area is 126 Å². The van der Waals surface area contributed by atoms with Gasteiger partial charge in [0.1, 0.15) is 5.69 Å². The Morgan fingerprint density at radius 3 is 2.57 bits per heavy atom. The predicted molar refractivity (Wildman–Crippen MR) is 85.2 cm³/mol. The Hall–Kier alpha value is -1.82. The van der Waals surface area contributed by atoms with Crippen LogP contribution in [0.2, 0.25) is 0 Å². The number of ether oxygens (including phenoxy) is 1. The summed E-state index contributed by atoms with van der Waals surface area (Å²) in [5.74, 6) is 0.328. The van der Waals surface area contributed by atoms with Gasteiger partial charge < -0.3 is 15.0 Å². The van der Waals surface area contributed by atoms with Crippen LogP contribution in [-0.4, -0.2) is 42.6 Å². The van der Waals surface area contributed by atoms with Gasteiger partial charge in [0.15, 0.2) is 5.75 Å². The summed E-state index contributed by atoms with van der Waals surface area (Å²) in [6.45, 7) is 10.1. The van der Waals surface area contributed by atoms with Crippen molar-refractivity contribution in [3.8, 4) is 5.75 Å². The number of hydrogen-bond donors (Lipinski definition) is 1. The van der Waals surface area contributed by atoms with E-state index >= 15 is 0 Å². The van der Waals surface area contributed by atoms with Gasteiger partial charge in [-0.1, -0.05) is 26.8 Å². The van der Waals surface area contributed by atoms with Crippen LogP contribution in [0.3, 0.4) is 0 Å². The molecule has 0 aromatic heterocycles. The molecule has 0 fully saturated rings. The second-order valence-corrected chi connectivity index (χ2v) is 4.71. The molecule has 118 valence electrons. The molecule has 6 nitrogen and oxygen atoms in total. The zero-order valence-corrected chi connectivity index (χ0v) is 13.1. The second kappa shape index (κ2) is 9.18. The minimum Gasteiger partial charge on any atom is -0.487 e. The van der Waals surface area contributed by atoms with Crippen molar-refractivity contribution in [1.29, 1.82) is 0 Å². The smallest absolute Gasteiger partial charge is 0.333 e. The van der Waals surface area contributed by atoms with Crippen LogP contribution in [0, 0.1) is 10.1 Å². The SMILES string of the molecule is CCCOc1cccc(NCCN(CC)CC)c1[N+](=O)[O-]. The number of rotatable bonds is 10. The molecule has 1 aromatic rings. The summed E-state index contributed by atoms with van der Waals surface area (Å²) in [4.78, 5) is 13.2. The minimum absolute atomic E-state index is 0.0190. The number of anilines is 1. The van der Waals surface area contributed by atoms with Gasteiger partial charge in [-0.05, 0) is 31.6 Å². The van der Waals surface area contributed by atoms with E-state index in [-0.39, 0.29) is 10.6 Å². The Morgan fingerprint density at radius 1 is 1.29 bits per heavy atom. The van der Waals surface area contributed by atoms with Crippen LogP contribution in [0.15, 0.2) is 18.2 Å². The number of nitro groups is 1. The number of likely N-dealkylation sites (N-methyl/N-ethyl adjacent to an activating group) is 1. The average Bonchev–Trinajstić information content (AvgIpc) is 2.49. The summed E-state index contributed by atoms with van der Waals surface area (Å²) >= 11 is 0. The van der Waals surface area contributed by atoms with E-state index in [1.54, 1.807) is 18.2 Å². The van der Waals surface area contributed by atoms with Crippen LogP contribution in [0.4, 0.5) is 11.4 Å². The molecule has 1 rings (SSSR count). The molecule has 0 aliphatic heterocycles. The molecule has 0 aliphatic rings. The van der Waals surface area contributed by atoms with Crippen LogP contribution < -0.4 is 10.1 Å². The van der Waals surface area contributed by atoms with Crippen molar-refractivity contribution >= 4 is 11.4 Å². The molecule has 0 amide bonds. The fourth-order valence-electron chi connectivity index (χ4n) is 2.07. The summed E-state index contributed by atoms with van der Waals surface area (Å²) in [5.41, 5.74) is 0.534. The van der Waals surface area contributed by atoms with Crippen molar-refractivity contribution in [3.63, 3.8) is 0 Å². The van der Waals surface area contributed by atoms with Gasteiger partial charge in [-0.2, -0.15) is 0 Å². The molecule has 0 saturated carbocycles. The first-order valence-electron chi connectivity index (χ1n) is 7.50. The van der Waals surface area contributed by atoms with Crippen molar-refractivity contribution in [2.24, 2.45) is 0 Å². The molecule has 0 atom stereocenters. The van der Waals surface area contributed by atoms with Crippen LogP contribution >= 0.6 is 0 Å². The monoisotopic (exact) mass is 295 g/mol. The lowest BCUT2D eigenvalue weighted by Gasteiger charge is -2.18. The molecule has 0 bridgehead atoms. The number of para-hydroxylation sites is 1. The maximum absolute atomic E-state index is 11.3. The Morgan fingerprint density at radius 2 is 2.00 bits per heavy atom. The predicted octanol–water partition coefficient (Wildman–Crippen LogP) is 3.14. The molecular formula is C15H25N3O3. The number of nitrogens with one attached hydrogen (secondary N) is 1. The highest BCUT2D eigenvalue weighted by Crippen LogP contribution is 2.34. The minimum atomic E-state index is -0.384. The molecule has 0 aliphatic carbocycles. The number of nitro benzene ring substituents is 1. The molecule has 0 saturated heterocycles. The molecule has 0 heterocycles. The van der Waals surface area contributed by atoms with Gasteiger partial charge in [-0.25, -0.2) is 0 Å². The van der Waals surface area contributed by atoms with Crippen molar-refractivity contribution < 1.29 is 9.66 Å². The molecule has 1 N–H and O–H groups in total. The average molecular weight is 295 g/mol. The summed E-state index contributed by atoms with van der Waals surface area (Å²) in [7, 11) is 0. The summed E-state index contributed by atoms with van der Waals surface area (Å²) < 4.78 is 5.47. The first kappa shape index (κ1) is 17.2. The topological polar surface area (TPSA) is 67.6 Å². The van der Waals surface area contributed by atoms with Crippen LogP contribution in [-0.2, 0) is 0 Å². The third kappa shape index (κ3) is 5.23. The quantitative estimate of drug-likeness (QED) is 0.530. The summed E-state index contributed by atoms with van der Waals surface area (Å²) in [6.07, 6.45) is 0.816. The van der Waals surface area contributed by atoms with Crippen molar-refractivity contribution in [1.82, 2.24) is 4.90 Å². The first-order valence-corrected chi connectivity index (χ1v) is 7.50. The maximum Gasteiger partial charge on any atom is 0.333 e. The molecule has 0 spiro atoms. The normalized spacial score (nSPS) is 10.7. The van der Waals surface area contributed by atoms with E-state index in [4.69, 9.17) is 4.74 Å². The van der Waals surface area contributed by atoms with E-state index in [1.807, 2.05) is 6.92 Å². The van der Waals surface area contributed by atoms with E-state index in [9.17, 15) is 10.1 Å². The zero-order chi connectivity index (χ0) is 15.7. The van der Waals surface area contributed by atoms with E-state index in [1.165, 1.54) is 0 Å². The summed E-state index contributed by atoms with van der Waals surface area (Å²) in [6, 6.07) is 5.14. The zero-order valence-electron chi connectivity index (χ0n) is 13.1. The highest BCUT2D eigenvalue weighted by Gasteiger charge is 2.20. The second-order valence-electron chi connectivity index (χ2n) is 4.71. The fraction of sp³-hybridized carbons (Fsp3) is 0.600. The third-order valence-corrected chi connectivity index (χ3v) is 3.28. The van der Waals surface area contributed by atoms with E-state index < -0.39 is 0 Å². The number of hydrogen-bond acceptors (Lipinski definition) is 5. The van der Waals surface area contributed by atoms with Gasteiger partial charge in [0, 0.05) is 13.1 Å². The van der Waals surface area contributed by atoms with Crippen molar-refractivity contribution in [3.05, 3.63) is 28.3 Å². The Bertz CT molecular complexity index is 448. The van der Waals surface area contributed by atoms with Gasteiger partial charge in [-0.15, -0.1) is 0 Å². The van der Waals surface area contributed by atoms with E-state index in [0.29, 0.717) is 24.6 Å². The third-order valence-electron chi connectivity index (χ3n) is 3.28. The van der Waals surface area contributed by atoms with Crippen molar-refractivity contribution in [2.75, 3.05) is 38.1 Å². The highest BCUT2D eigenvalue weighted by molar-refractivity contribution is 5.68. The Balaban J connectivity index is 2.78. The number of nitrogens with zero attached hydrogens (tertiary/aromatic N) is 2. The highest BCUT2D eigenvalue weighted by atomic mass is 16.6. The van der Waals surface area contributed by atoms with Crippen LogP contribution in [0.5, 0.6) is 5.75 Å². The van der Waals surface area contributed by atoms with Gasteiger partial charge >= 0.3 is 5.69 Å². The fourth-order valence-corrected chi connectivity index (χ4v) is 2.07. The van der Waals surface area contributed by atoms with E-state index in [2.05, 4.69) is 24.1 Å². The lowest BCUT2D eigenvalue weighted by molar-refractivity contribution is -0.385. The molecule has 6 heteroatoms. The van der Waals surface area contributed by atoms with E-state index in [0.717, 1.165) is 26.1 Å². The Kier molecular flexibility index (Phi) is 7.53. The lowest BCUT2D eigenvalue weighted by atomic mass is 10.2. The lowest BCUT2D eigenvalue weighted by Crippen LogP contribution is -2.28. The molecule has 1 aromatic carbocycles. The summed E-state index contributed by atoms with van der Waals surface area (Å²) in [5, 5.41) is 14.4. The largest absolute Gasteiger partial charge is 0.487 e. The standard InChI is InChI=1S/C15H25N3O3/c1-4-12-21-14-9-7-8-13(15(14)18(19)20)16-10-11-17(5-2)6-3/h7-9,16H,4-6,10-12H2,1-3H3. The molecule has 21 heavy (non-hydrogen) atoms. The first-order chi connectivity index (χ1) is 10.1. The van der Waals surface area contributed by atoms with Crippen LogP contribution in [0.25, 0.3) is 0 Å². The van der Waals surface area contributed by atoms with Crippen molar-refractivity contribution in [2.45, 2.75) is 27.2 Å². The van der Waals surface area contributed by atoms with Gasteiger partial charge in [0.05, 0.1) is 11.5 Å². The van der Waals surface area contributed by atoms with Gasteiger partial charge in [0.2, 0.25) is 0 Å². The van der Waals surface area contributed by atoms with Gasteiger partial charge in [0.25, 0.3) is 0 Å². The number of benzene rings is 1. The molecule has 0 unspecified atom stereocenters. The molecular weight excluding hydrogens is 270 g/mol. The van der Waals surface area contributed by atoms with Gasteiger partial charge in [-0.3, -0.25) is 10.1 Å². The molecule has 0 radical (unpaired) electrons. The maximum atomic E-state index is 11.3. The van der Waals surface area contributed by atoms with Crippen LogP contribution in [0.1, 0.15) is 27.2 Å².